The molecule has 0 aliphatic carbocycles. The van der Waals surface area contributed by atoms with Gasteiger partial charge in [0.25, 0.3) is 0 Å². The molecule has 0 fully saturated rings. The molecule has 4 aromatic rings. The van der Waals surface area contributed by atoms with Crippen molar-refractivity contribution in [3.63, 3.8) is 0 Å². The van der Waals surface area contributed by atoms with Crippen LogP contribution in [0.25, 0.3) is 21.8 Å². The molecule has 0 aliphatic heterocycles. The zero-order valence-electron chi connectivity index (χ0n) is 16.2. The van der Waals surface area contributed by atoms with Crippen LogP contribution in [0.1, 0.15) is 61.3 Å². The Morgan fingerprint density at radius 2 is 1.69 bits per heavy atom. The van der Waals surface area contributed by atoms with Gasteiger partial charge in [-0.15, -0.1) is 0 Å². The number of fused-ring (bicyclic) bond motifs is 2. The summed E-state index contributed by atoms with van der Waals surface area (Å²) in [4.78, 5) is 6.97. The molecule has 134 valence electrons. The molecule has 26 heavy (non-hydrogen) atoms. The summed E-state index contributed by atoms with van der Waals surface area (Å²) in [6.45, 7) is 9.01. The minimum absolute atomic E-state index is 0.529. The van der Waals surface area contributed by atoms with Crippen LogP contribution in [-0.4, -0.2) is 9.97 Å². The molecule has 1 unspecified atom stereocenters. The van der Waals surface area contributed by atoms with Gasteiger partial charge in [-0.05, 0) is 59.9 Å². The lowest BCUT2D eigenvalue weighted by Crippen LogP contribution is -1.96. The summed E-state index contributed by atoms with van der Waals surface area (Å²) in [6, 6.07) is 13.4. The standard InChI is InChI=1S/C24H28N2/c1-15(2)21-13-26-24-18(6-5-7-20(21)24)10-9-17(4)22-14-25-23-12-16(3)8-11-19(22)23/h5-8,11-15,17,25-26H,9-10H2,1-4H3. The second-order valence-corrected chi connectivity index (χ2v) is 7.97. The fourth-order valence-corrected chi connectivity index (χ4v) is 4.12. The number of aromatic nitrogens is 2. The van der Waals surface area contributed by atoms with Crippen LogP contribution >= 0.6 is 0 Å². The Labute approximate surface area is 155 Å². The monoisotopic (exact) mass is 344 g/mol. The highest BCUT2D eigenvalue weighted by Gasteiger charge is 2.14. The fourth-order valence-electron chi connectivity index (χ4n) is 4.12. The molecule has 1 atom stereocenters. The van der Waals surface area contributed by atoms with Crippen molar-refractivity contribution in [1.82, 2.24) is 9.97 Å². The van der Waals surface area contributed by atoms with E-state index in [1.54, 1.807) is 0 Å². The third-order valence-corrected chi connectivity index (χ3v) is 5.70. The Kier molecular flexibility index (Phi) is 4.36. The van der Waals surface area contributed by atoms with Crippen molar-refractivity contribution in [2.24, 2.45) is 0 Å². The molecule has 2 heteroatoms. The Hall–Kier alpha value is -2.48. The SMILES string of the molecule is Cc1ccc2c(C(C)CCc3cccc4c(C(C)C)c[nH]c34)c[nH]c2c1. The summed E-state index contributed by atoms with van der Waals surface area (Å²) < 4.78 is 0. The van der Waals surface area contributed by atoms with Crippen LogP contribution in [0.5, 0.6) is 0 Å². The van der Waals surface area contributed by atoms with Crippen LogP contribution in [0.4, 0.5) is 0 Å². The first-order chi connectivity index (χ1) is 12.5. The van der Waals surface area contributed by atoms with Crippen molar-refractivity contribution in [1.29, 1.82) is 0 Å². The van der Waals surface area contributed by atoms with E-state index in [1.807, 2.05) is 0 Å². The van der Waals surface area contributed by atoms with Gasteiger partial charge in [0.15, 0.2) is 0 Å². The lowest BCUT2D eigenvalue weighted by atomic mass is 9.92. The molecule has 2 aromatic carbocycles. The number of aromatic amines is 2. The third kappa shape index (κ3) is 2.94. The van der Waals surface area contributed by atoms with Crippen molar-refractivity contribution in [3.05, 3.63) is 71.0 Å². The average molecular weight is 345 g/mol. The molecule has 0 bridgehead atoms. The van der Waals surface area contributed by atoms with E-state index in [2.05, 4.69) is 86.5 Å². The molecular formula is C24H28N2. The molecule has 0 saturated carbocycles. The van der Waals surface area contributed by atoms with E-state index < -0.39 is 0 Å². The summed E-state index contributed by atoms with van der Waals surface area (Å²) in [5, 5.41) is 2.75. The van der Waals surface area contributed by atoms with Gasteiger partial charge in [0.2, 0.25) is 0 Å². The Morgan fingerprint density at radius 3 is 2.50 bits per heavy atom. The van der Waals surface area contributed by atoms with Crippen molar-refractivity contribution in [3.8, 4) is 0 Å². The maximum atomic E-state index is 3.53. The van der Waals surface area contributed by atoms with E-state index in [1.165, 1.54) is 44.1 Å². The van der Waals surface area contributed by atoms with Crippen LogP contribution < -0.4 is 0 Å². The summed E-state index contributed by atoms with van der Waals surface area (Å²) in [7, 11) is 0. The highest BCUT2D eigenvalue weighted by Crippen LogP contribution is 2.31. The number of rotatable bonds is 5. The Bertz CT molecular complexity index is 1050. The summed E-state index contributed by atoms with van der Waals surface area (Å²) in [5.74, 6) is 1.08. The molecule has 2 aromatic heterocycles. The van der Waals surface area contributed by atoms with Gasteiger partial charge < -0.3 is 9.97 Å². The van der Waals surface area contributed by atoms with E-state index in [4.69, 9.17) is 0 Å². The number of hydrogen-bond donors (Lipinski definition) is 2. The van der Waals surface area contributed by atoms with Crippen LogP contribution in [0.15, 0.2) is 48.8 Å². The second-order valence-electron chi connectivity index (χ2n) is 7.97. The van der Waals surface area contributed by atoms with Crippen molar-refractivity contribution in [2.45, 2.75) is 52.4 Å². The normalized spacial score (nSPS) is 13.1. The number of aryl methyl sites for hydroxylation is 2. The molecule has 0 spiro atoms. The average Bonchev–Trinajstić information content (AvgIpc) is 3.23. The van der Waals surface area contributed by atoms with Gasteiger partial charge in [-0.25, -0.2) is 0 Å². The number of nitrogens with one attached hydrogen (secondary N) is 2. The molecule has 0 radical (unpaired) electrons. The first kappa shape index (κ1) is 17.0. The molecule has 4 rings (SSSR count). The zero-order chi connectivity index (χ0) is 18.3. The third-order valence-electron chi connectivity index (χ3n) is 5.70. The van der Waals surface area contributed by atoms with E-state index in [0.717, 1.165) is 12.8 Å². The smallest absolute Gasteiger partial charge is 0.0489 e. The van der Waals surface area contributed by atoms with Gasteiger partial charge in [0.1, 0.15) is 0 Å². The van der Waals surface area contributed by atoms with Crippen molar-refractivity contribution >= 4 is 21.8 Å². The molecule has 0 aliphatic rings. The predicted octanol–water partition coefficient (Wildman–Crippen LogP) is 6.82. The van der Waals surface area contributed by atoms with Gasteiger partial charge in [0.05, 0.1) is 0 Å². The van der Waals surface area contributed by atoms with Crippen LogP contribution in [0.2, 0.25) is 0 Å². The number of hydrogen-bond acceptors (Lipinski definition) is 0. The molecule has 2 heterocycles. The Balaban J connectivity index is 1.57. The van der Waals surface area contributed by atoms with Crippen molar-refractivity contribution < 1.29 is 0 Å². The van der Waals surface area contributed by atoms with E-state index in [0.29, 0.717) is 11.8 Å². The van der Waals surface area contributed by atoms with Crippen LogP contribution in [0.3, 0.4) is 0 Å². The quantitative estimate of drug-likeness (QED) is 0.398. The maximum absolute atomic E-state index is 3.53. The lowest BCUT2D eigenvalue weighted by molar-refractivity contribution is 0.685. The topological polar surface area (TPSA) is 31.6 Å². The zero-order valence-corrected chi connectivity index (χ0v) is 16.2. The lowest BCUT2D eigenvalue weighted by Gasteiger charge is -2.12. The summed E-state index contributed by atoms with van der Waals surface area (Å²) in [6.07, 6.45) is 6.62. The second kappa shape index (κ2) is 6.68. The fraction of sp³-hybridized carbons (Fsp3) is 0.333. The van der Waals surface area contributed by atoms with E-state index in [-0.39, 0.29) is 0 Å². The van der Waals surface area contributed by atoms with Gasteiger partial charge in [-0.2, -0.15) is 0 Å². The molecule has 0 saturated heterocycles. The minimum atomic E-state index is 0.529. The molecular weight excluding hydrogens is 316 g/mol. The molecule has 2 N–H and O–H groups in total. The Morgan fingerprint density at radius 1 is 0.885 bits per heavy atom. The molecule has 0 amide bonds. The van der Waals surface area contributed by atoms with Crippen molar-refractivity contribution in [2.75, 3.05) is 0 Å². The first-order valence-electron chi connectivity index (χ1n) is 9.71. The largest absolute Gasteiger partial charge is 0.361 e. The predicted molar refractivity (Wildman–Crippen MR) is 112 cm³/mol. The number of benzene rings is 2. The van der Waals surface area contributed by atoms with Crippen LogP contribution in [-0.2, 0) is 6.42 Å². The summed E-state index contributed by atoms with van der Waals surface area (Å²) in [5.41, 5.74) is 8.15. The summed E-state index contributed by atoms with van der Waals surface area (Å²) >= 11 is 0. The maximum Gasteiger partial charge on any atom is 0.0489 e. The first-order valence-corrected chi connectivity index (χ1v) is 9.71. The van der Waals surface area contributed by atoms with E-state index >= 15 is 0 Å². The van der Waals surface area contributed by atoms with Gasteiger partial charge >= 0.3 is 0 Å². The van der Waals surface area contributed by atoms with Crippen LogP contribution in [0, 0.1) is 6.92 Å². The highest BCUT2D eigenvalue weighted by molar-refractivity contribution is 5.87. The van der Waals surface area contributed by atoms with Gasteiger partial charge in [0, 0.05) is 34.2 Å². The molecule has 2 nitrogen and oxygen atoms in total. The minimum Gasteiger partial charge on any atom is -0.361 e. The van der Waals surface area contributed by atoms with E-state index in [9.17, 15) is 0 Å². The van der Waals surface area contributed by atoms with Gasteiger partial charge in [-0.3, -0.25) is 0 Å². The van der Waals surface area contributed by atoms with Gasteiger partial charge in [-0.1, -0.05) is 51.1 Å². The highest BCUT2D eigenvalue weighted by atomic mass is 14.7. The number of H-pyrrole nitrogens is 2. The number of para-hydroxylation sites is 1.